The fourth-order valence-electron chi connectivity index (χ4n) is 2.38. The molecule has 102 valence electrons. The fraction of sp³-hybridized carbons (Fsp3) is 0.467. The molecule has 1 aromatic carbocycles. The van der Waals surface area contributed by atoms with E-state index in [1.807, 2.05) is 6.92 Å². The molecule has 0 unspecified atom stereocenters. The van der Waals surface area contributed by atoms with Crippen molar-refractivity contribution in [3.63, 3.8) is 0 Å². The number of benzene rings is 1. The molecule has 1 aromatic rings. The highest BCUT2D eigenvalue weighted by Crippen LogP contribution is 2.30. The maximum absolute atomic E-state index is 11.9. The van der Waals surface area contributed by atoms with Crippen LogP contribution in [0.25, 0.3) is 0 Å². The van der Waals surface area contributed by atoms with Crippen LogP contribution in [0, 0.1) is 19.8 Å². The maximum Gasteiger partial charge on any atom is 0.336 e. The minimum absolute atomic E-state index is 0.0204. The van der Waals surface area contributed by atoms with Gasteiger partial charge in [0.1, 0.15) is 0 Å². The SMILES string of the molecule is Cc1cc(C)c(C(=O)O)cc1NC(=O)CC1CCC1. The molecule has 0 saturated heterocycles. The molecule has 19 heavy (non-hydrogen) atoms. The number of carbonyl (C=O) groups excluding carboxylic acids is 1. The van der Waals surface area contributed by atoms with E-state index in [-0.39, 0.29) is 11.5 Å². The van der Waals surface area contributed by atoms with E-state index in [9.17, 15) is 9.59 Å². The normalized spacial score (nSPS) is 14.8. The maximum atomic E-state index is 11.9. The Morgan fingerprint density at radius 3 is 2.47 bits per heavy atom. The van der Waals surface area contributed by atoms with Gasteiger partial charge in [0.25, 0.3) is 0 Å². The van der Waals surface area contributed by atoms with Gasteiger partial charge in [-0.3, -0.25) is 4.79 Å². The Morgan fingerprint density at radius 1 is 1.26 bits per heavy atom. The highest BCUT2D eigenvalue weighted by molar-refractivity contribution is 5.95. The predicted molar refractivity (Wildman–Crippen MR) is 73.5 cm³/mol. The second-order valence-corrected chi connectivity index (χ2v) is 5.34. The van der Waals surface area contributed by atoms with Gasteiger partial charge >= 0.3 is 5.97 Å². The molecule has 1 aliphatic carbocycles. The molecule has 1 amide bonds. The summed E-state index contributed by atoms with van der Waals surface area (Å²) >= 11 is 0. The Labute approximate surface area is 112 Å². The van der Waals surface area contributed by atoms with Gasteiger partial charge in [0, 0.05) is 12.1 Å². The van der Waals surface area contributed by atoms with Crippen molar-refractivity contribution in [2.24, 2.45) is 5.92 Å². The number of rotatable bonds is 4. The van der Waals surface area contributed by atoms with Crippen molar-refractivity contribution in [2.75, 3.05) is 5.32 Å². The lowest BCUT2D eigenvalue weighted by Gasteiger charge is -2.24. The number of aryl methyl sites for hydroxylation is 2. The third-order valence-electron chi connectivity index (χ3n) is 3.77. The molecule has 2 rings (SSSR count). The second-order valence-electron chi connectivity index (χ2n) is 5.34. The smallest absolute Gasteiger partial charge is 0.336 e. The van der Waals surface area contributed by atoms with Crippen molar-refractivity contribution in [3.8, 4) is 0 Å². The lowest BCUT2D eigenvalue weighted by Crippen LogP contribution is -2.21. The van der Waals surface area contributed by atoms with E-state index in [4.69, 9.17) is 5.11 Å². The first kappa shape index (κ1) is 13.6. The zero-order valence-electron chi connectivity index (χ0n) is 11.3. The minimum Gasteiger partial charge on any atom is -0.478 e. The number of anilines is 1. The zero-order chi connectivity index (χ0) is 14.0. The predicted octanol–water partition coefficient (Wildman–Crippen LogP) is 3.13. The van der Waals surface area contributed by atoms with Gasteiger partial charge in [0.2, 0.25) is 5.91 Å². The average molecular weight is 261 g/mol. The van der Waals surface area contributed by atoms with Gasteiger partial charge in [-0.2, -0.15) is 0 Å². The molecule has 0 aromatic heterocycles. The summed E-state index contributed by atoms with van der Waals surface area (Å²) in [7, 11) is 0. The highest BCUT2D eigenvalue weighted by Gasteiger charge is 2.21. The molecule has 0 heterocycles. The fourth-order valence-corrected chi connectivity index (χ4v) is 2.38. The lowest BCUT2D eigenvalue weighted by atomic mass is 9.83. The summed E-state index contributed by atoms with van der Waals surface area (Å²) < 4.78 is 0. The second kappa shape index (κ2) is 5.43. The number of hydrogen-bond acceptors (Lipinski definition) is 2. The van der Waals surface area contributed by atoms with Gasteiger partial charge in [0.05, 0.1) is 5.56 Å². The molecule has 0 radical (unpaired) electrons. The largest absolute Gasteiger partial charge is 0.478 e. The number of carbonyl (C=O) groups is 2. The van der Waals surface area contributed by atoms with E-state index in [1.165, 1.54) is 6.42 Å². The summed E-state index contributed by atoms with van der Waals surface area (Å²) in [4.78, 5) is 23.0. The molecule has 0 aliphatic heterocycles. The van der Waals surface area contributed by atoms with Crippen LogP contribution in [0.4, 0.5) is 5.69 Å². The summed E-state index contributed by atoms with van der Waals surface area (Å²) in [6, 6.07) is 3.34. The summed E-state index contributed by atoms with van der Waals surface area (Å²) in [6.07, 6.45) is 4.00. The van der Waals surface area contributed by atoms with Crippen LogP contribution in [0.2, 0.25) is 0 Å². The summed E-state index contributed by atoms with van der Waals surface area (Å²) in [5.74, 6) is -0.482. The van der Waals surface area contributed by atoms with Gasteiger partial charge < -0.3 is 10.4 Å². The van der Waals surface area contributed by atoms with Crippen molar-refractivity contribution in [3.05, 3.63) is 28.8 Å². The summed E-state index contributed by atoms with van der Waals surface area (Å²) in [5, 5.41) is 11.9. The van der Waals surface area contributed by atoms with Crippen LogP contribution < -0.4 is 5.32 Å². The molecular formula is C15H19NO3. The van der Waals surface area contributed by atoms with Crippen molar-refractivity contribution >= 4 is 17.6 Å². The van der Waals surface area contributed by atoms with Crippen LogP contribution in [0.5, 0.6) is 0 Å². The topological polar surface area (TPSA) is 66.4 Å². The Kier molecular flexibility index (Phi) is 3.88. The molecule has 0 bridgehead atoms. The van der Waals surface area contributed by atoms with E-state index in [0.717, 1.165) is 18.4 Å². The first-order valence-corrected chi connectivity index (χ1v) is 6.61. The van der Waals surface area contributed by atoms with Crippen molar-refractivity contribution < 1.29 is 14.7 Å². The van der Waals surface area contributed by atoms with E-state index in [1.54, 1.807) is 19.1 Å². The van der Waals surface area contributed by atoms with Crippen molar-refractivity contribution in [1.29, 1.82) is 0 Å². The number of aromatic carboxylic acids is 1. The van der Waals surface area contributed by atoms with Gasteiger partial charge in [-0.15, -0.1) is 0 Å². The van der Waals surface area contributed by atoms with Gasteiger partial charge in [-0.1, -0.05) is 12.5 Å². The average Bonchev–Trinajstić information content (AvgIpc) is 2.27. The molecule has 0 spiro atoms. The standard InChI is InChI=1S/C15H19NO3/c1-9-6-10(2)13(8-12(9)15(18)19)16-14(17)7-11-4-3-5-11/h6,8,11H,3-5,7H2,1-2H3,(H,16,17)(H,18,19). The van der Waals surface area contributed by atoms with Gasteiger partial charge in [0.15, 0.2) is 0 Å². The van der Waals surface area contributed by atoms with Crippen LogP contribution in [0.1, 0.15) is 47.2 Å². The summed E-state index contributed by atoms with van der Waals surface area (Å²) in [6.45, 7) is 3.63. The number of amides is 1. The van der Waals surface area contributed by atoms with Crippen molar-refractivity contribution in [1.82, 2.24) is 0 Å². The van der Waals surface area contributed by atoms with Gasteiger partial charge in [-0.05, 0) is 49.8 Å². The van der Waals surface area contributed by atoms with E-state index >= 15 is 0 Å². The number of hydrogen-bond donors (Lipinski definition) is 2. The minimum atomic E-state index is -0.966. The first-order chi connectivity index (χ1) is 8.97. The molecule has 2 N–H and O–H groups in total. The van der Waals surface area contributed by atoms with Crippen LogP contribution >= 0.6 is 0 Å². The van der Waals surface area contributed by atoms with Crippen molar-refractivity contribution in [2.45, 2.75) is 39.5 Å². The van der Waals surface area contributed by atoms with Crippen LogP contribution in [0.3, 0.4) is 0 Å². The number of nitrogens with one attached hydrogen (secondary N) is 1. The monoisotopic (exact) mass is 261 g/mol. The molecule has 4 heteroatoms. The Hall–Kier alpha value is -1.84. The highest BCUT2D eigenvalue weighted by atomic mass is 16.4. The van der Waals surface area contributed by atoms with E-state index in [0.29, 0.717) is 23.6 Å². The number of carboxylic acid groups (broad SMARTS) is 1. The van der Waals surface area contributed by atoms with E-state index in [2.05, 4.69) is 5.32 Å². The van der Waals surface area contributed by atoms with Gasteiger partial charge in [-0.25, -0.2) is 4.79 Å². The lowest BCUT2D eigenvalue weighted by molar-refractivity contribution is -0.117. The Bertz CT molecular complexity index is 518. The molecular weight excluding hydrogens is 242 g/mol. The zero-order valence-corrected chi connectivity index (χ0v) is 11.3. The molecule has 4 nitrogen and oxygen atoms in total. The van der Waals surface area contributed by atoms with Crippen LogP contribution in [-0.2, 0) is 4.79 Å². The molecule has 0 atom stereocenters. The summed E-state index contributed by atoms with van der Waals surface area (Å²) in [5.41, 5.74) is 2.45. The quantitative estimate of drug-likeness (QED) is 0.875. The third-order valence-corrected chi connectivity index (χ3v) is 3.77. The van der Waals surface area contributed by atoms with Crippen LogP contribution in [0.15, 0.2) is 12.1 Å². The first-order valence-electron chi connectivity index (χ1n) is 6.61. The molecule has 1 saturated carbocycles. The Balaban J connectivity index is 2.12. The van der Waals surface area contributed by atoms with Crippen LogP contribution in [-0.4, -0.2) is 17.0 Å². The number of carboxylic acids is 1. The molecule has 1 aliphatic rings. The molecule has 1 fully saturated rings. The third kappa shape index (κ3) is 3.13. The Morgan fingerprint density at radius 2 is 1.95 bits per heavy atom. The van der Waals surface area contributed by atoms with E-state index < -0.39 is 5.97 Å².